The number of hydrogen-bond donors (Lipinski definition) is 1. The number of hydrogen-bond acceptors (Lipinski definition) is 2. The van der Waals surface area contributed by atoms with Gasteiger partial charge in [-0.2, -0.15) is 0 Å². The number of benzene rings is 2. The molecule has 0 saturated heterocycles. The van der Waals surface area contributed by atoms with Gasteiger partial charge in [-0.1, -0.05) is 0 Å². The van der Waals surface area contributed by atoms with E-state index in [2.05, 4.69) is 20.8 Å². The number of furan rings is 1. The first kappa shape index (κ1) is 25.1. The molecule has 0 fully saturated rings. The van der Waals surface area contributed by atoms with Crippen LogP contribution in [0.25, 0.3) is 0 Å². The summed E-state index contributed by atoms with van der Waals surface area (Å²) in [5, 5.41) is 12.5. The van der Waals surface area contributed by atoms with Gasteiger partial charge in [0.05, 0.1) is 0 Å². The van der Waals surface area contributed by atoms with Gasteiger partial charge in [0.15, 0.2) is 0 Å². The first-order valence-electron chi connectivity index (χ1n) is 12.5. The second-order valence-electron chi connectivity index (χ2n) is 9.23. The molecule has 0 aliphatic rings. The molecule has 0 aliphatic heterocycles. The summed E-state index contributed by atoms with van der Waals surface area (Å²) in [4.78, 5) is 0. The first-order valence-corrected chi connectivity index (χ1v) is 20.0. The van der Waals surface area contributed by atoms with Gasteiger partial charge in [-0.15, -0.1) is 0 Å². The first-order chi connectivity index (χ1) is 15.6. The molecule has 0 atom stereocenters. The normalized spacial score (nSPS) is 12.2. The fraction of sp³-hybridized carbons (Fsp3) is 0.448. The van der Waals surface area contributed by atoms with Crippen LogP contribution in [0.1, 0.15) is 76.0 Å². The van der Waals surface area contributed by atoms with Crippen molar-refractivity contribution in [1.29, 1.82) is 0 Å². The quantitative estimate of drug-likeness (QED) is 0.227. The molecular weight excluding hydrogens is 499 g/mol. The molecule has 32 heavy (non-hydrogen) atoms. The summed E-state index contributed by atoms with van der Waals surface area (Å²) in [5.41, 5.74) is 1.62. The zero-order valence-electron chi connectivity index (χ0n) is 20.1. The van der Waals surface area contributed by atoms with Crippen LogP contribution in [0.3, 0.4) is 0 Å². The fourth-order valence-corrected chi connectivity index (χ4v) is 21.6. The standard InChI is InChI=1S/C17H13O2.3C4H9.Sn/c18-17(16-11-12-19-13-16,14-7-3-1-4-8-14)15-9-5-2-6-10-15;3*1-3-4-2;/h1-10,12-13,18H;3*1,3-4H2,2H3;. The molecule has 0 radical (unpaired) electrons. The van der Waals surface area contributed by atoms with E-state index >= 15 is 0 Å². The molecule has 0 saturated carbocycles. The van der Waals surface area contributed by atoms with E-state index in [9.17, 15) is 5.11 Å². The molecule has 3 rings (SSSR count). The molecule has 0 spiro atoms. The average Bonchev–Trinajstić information content (AvgIpc) is 3.36. The van der Waals surface area contributed by atoms with Crippen LogP contribution >= 0.6 is 0 Å². The van der Waals surface area contributed by atoms with E-state index in [0.29, 0.717) is 0 Å². The van der Waals surface area contributed by atoms with Crippen molar-refractivity contribution in [1.82, 2.24) is 0 Å². The van der Waals surface area contributed by atoms with E-state index in [1.807, 2.05) is 73.2 Å². The van der Waals surface area contributed by atoms with Gasteiger partial charge in [0.1, 0.15) is 0 Å². The molecule has 1 N–H and O–H groups in total. The van der Waals surface area contributed by atoms with E-state index in [1.165, 1.54) is 55.4 Å². The minimum absolute atomic E-state index is 0.913. The van der Waals surface area contributed by atoms with Gasteiger partial charge >= 0.3 is 200 Å². The predicted octanol–water partition coefficient (Wildman–Crippen LogP) is 7.62. The van der Waals surface area contributed by atoms with Gasteiger partial charge in [0, 0.05) is 0 Å². The van der Waals surface area contributed by atoms with Crippen molar-refractivity contribution in [3.05, 3.63) is 89.9 Å². The van der Waals surface area contributed by atoms with Gasteiger partial charge in [-0.05, 0) is 0 Å². The average molecular weight is 539 g/mol. The molecule has 0 bridgehead atoms. The third kappa shape index (κ3) is 5.34. The Balaban J connectivity index is 2.22. The van der Waals surface area contributed by atoms with Crippen molar-refractivity contribution in [2.45, 2.75) is 78.2 Å². The zero-order valence-corrected chi connectivity index (χ0v) is 23.0. The summed E-state index contributed by atoms with van der Waals surface area (Å²) in [5.74, 6) is 0. The van der Waals surface area contributed by atoms with Crippen LogP contribution in [0.15, 0.2) is 77.6 Å². The van der Waals surface area contributed by atoms with Gasteiger partial charge in [0.2, 0.25) is 0 Å². The molecule has 172 valence electrons. The van der Waals surface area contributed by atoms with Gasteiger partial charge in [0.25, 0.3) is 0 Å². The molecule has 1 aromatic heterocycles. The summed E-state index contributed by atoms with van der Waals surface area (Å²) < 4.78 is 11.4. The maximum atomic E-state index is 12.5. The molecular formula is C29H40O2Sn. The molecule has 2 aromatic carbocycles. The maximum absolute atomic E-state index is 12.5. The molecule has 0 amide bonds. The third-order valence-corrected chi connectivity index (χ3v) is 22.6. The van der Waals surface area contributed by atoms with Gasteiger partial charge < -0.3 is 0 Å². The summed E-state index contributed by atoms with van der Waals surface area (Å²) in [7, 11) is 0. The minimum atomic E-state index is -2.82. The van der Waals surface area contributed by atoms with E-state index in [1.54, 1.807) is 0 Å². The van der Waals surface area contributed by atoms with Gasteiger partial charge in [-0.3, -0.25) is 0 Å². The Morgan fingerprint density at radius 2 is 1.12 bits per heavy atom. The fourth-order valence-electron chi connectivity index (χ4n) is 5.15. The second-order valence-corrected chi connectivity index (χ2v) is 22.4. The zero-order chi connectivity index (χ0) is 22.9. The van der Waals surface area contributed by atoms with Crippen molar-refractivity contribution in [2.24, 2.45) is 0 Å². The van der Waals surface area contributed by atoms with Crippen LogP contribution in [0.5, 0.6) is 0 Å². The molecule has 3 heteroatoms. The number of rotatable bonds is 13. The van der Waals surface area contributed by atoms with E-state index < -0.39 is 24.0 Å². The number of aliphatic hydroxyl groups is 1. The van der Waals surface area contributed by atoms with Crippen LogP contribution in [0, 0.1) is 0 Å². The Morgan fingerprint density at radius 1 is 0.688 bits per heavy atom. The predicted molar refractivity (Wildman–Crippen MR) is 138 cm³/mol. The van der Waals surface area contributed by atoms with Crippen LogP contribution in [0.4, 0.5) is 0 Å². The van der Waals surface area contributed by atoms with E-state index in [-0.39, 0.29) is 0 Å². The summed E-state index contributed by atoms with van der Waals surface area (Å²) in [6, 6.07) is 20.3. The SMILES string of the molecule is CCC[CH2][Sn]([CH2]CCC)([CH2]CCC)[c]1cocc1C(O)(c1ccccc1)c1ccccc1. The number of unbranched alkanes of at least 4 members (excludes halogenated alkanes) is 3. The van der Waals surface area contributed by atoms with Crippen molar-refractivity contribution in [3.63, 3.8) is 0 Å². The van der Waals surface area contributed by atoms with Crippen LogP contribution in [-0.2, 0) is 5.60 Å². The Labute approximate surface area is 198 Å². The van der Waals surface area contributed by atoms with E-state index in [4.69, 9.17) is 4.42 Å². The van der Waals surface area contributed by atoms with Crippen molar-refractivity contribution >= 4 is 22.0 Å². The molecule has 0 unspecified atom stereocenters. The second kappa shape index (κ2) is 12.1. The van der Waals surface area contributed by atoms with Gasteiger partial charge in [-0.25, -0.2) is 0 Å². The van der Waals surface area contributed by atoms with Crippen LogP contribution in [-0.4, -0.2) is 23.5 Å². The van der Waals surface area contributed by atoms with Crippen molar-refractivity contribution < 1.29 is 9.52 Å². The van der Waals surface area contributed by atoms with E-state index in [0.717, 1.165) is 16.7 Å². The molecule has 0 aliphatic carbocycles. The van der Waals surface area contributed by atoms with Crippen LogP contribution < -0.4 is 3.58 Å². The summed E-state index contributed by atoms with van der Waals surface area (Å²) in [6.45, 7) is 6.91. The topological polar surface area (TPSA) is 33.4 Å². The van der Waals surface area contributed by atoms with Crippen LogP contribution in [0.2, 0.25) is 13.3 Å². The van der Waals surface area contributed by atoms with Crippen molar-refractivity contribution in [3.8, 4) is 0 Å². The van der Waals surface area contributed by atoms with Crippen molar-refractivity contribution in [2.75, 3.05) is 0 Å². The Bertz CT molecular complexity index is 855. The Kier molecular flexibility index (Phi) is 9.48. The molecule has 1 heterocycles. The monoisotopic (exact) mass is 540 g/mol. The summed E-state index contributed by atoms with van der Waals surface area (Å²) in [6.07, 6.45) is 11.4. The molecule has 2 nitrogen and oxygen atoms in total. The molecule has 3 aromatic rings. The third-order valence-electron chi connectivity index (χ3n) is 7.03. The summed E-state index contributed by atoms with van der Waals surface area (Å²) >= 11 is -2.82. The Morgan fingerprint density at radius 3 is 1.53 bits per heavy atom. The Hall–Kier alpha value is -1.52.